The third-order valence-corrected chi connectivity index (χ3v) is 4.17. The molecular formula is C21H30N4O4. The maximum atomic E-state index is 12.1. The molecule has 1 unspecified atom stereocenters. The second-order valence-electron chi connectivity index (χ2n) is 7.26. The topological polar surface area (TPSA) is 119 Å². The number of unbranched alkanes of at least 4 members (excludes halogenated alkanes) is 1. The van der Waals surface area contributed by atoms with Gasteiger partial charge in [-0.15, -0.1) is 0 Å². The zero-order chi connectivity index (χ0) is 21.1. The fourth-order valence-corrected chi connectivity index (χ4v) is 2.68. The van der Waals surface area contributed by atoms with Gasteiger partial charge in [0.1, 0.15) is 12.9 Å². The van der Waals surface area contributed by atoms with Gasteiger partial charge in [0.25, 0.3) is 5.91 Å². The summed E-state index contributed by atoms with van der Waals surface area (Å²) in [5.41, 5.74) is 7.17. The quantitative estimate of drug-likeness (QED) is 0.497. The van der Waals surface area contributed by atoms with Crippen LogP contribution in [0.4, 0.5) is 4.79 Å². The summed E-state index contributed by atoms with van der Waals surface area (Å²) < 4.78 is 10.4. The molecule has 1 aromatic heterocycles. The lowest BCUT2D eigenvalue weighted by Gasteiger charge is -2.09. The first-order chi connectivity index (χ1) is 14.0. The molecule has 0 aliphatic heterocycles. The second-order valence-corrected chi connectivity index (χ2v) is 7.26. The fourth-order valence-electron chi connectivity index (χ4n) is 2.68. The highest BCUT2D eigenvalue weighted by Crippen LogP contribution is 2.18. The Kier molecular flexibility index (Phi) is 9.17. The van der Waals surface area contributed by atoms with Crippen LogP contribution in [-0.4, -0.2) is 30.1 Å². The van der Waals surface area contributed by atoms with Gasteiger partial charge in [-0.25, -0.2) is 9.78 Å². The van der Waals surface area contributed by atoms with Crippen molar-refractivity contribution in [1.82, 2.24) is 15.6 Å². The zero-order valence-electron chi connectivity index (χ0n) is 17.0. The number of alkyl carbamates (subject to hydrolysis) is 1. The summed E-state index contributed by atoms with van der Waals surface area (Å²) in [7, 11) is 0. The number of carbonyl (C=O) groups excluding carboxylic acids is 2. The molecule has 0 aliphatic carbocycles. The van der Waals surface area contributed by atoms with E-state index in [0.29, 0.717) is 37.7 Å². The van der Waals surface area contributed by atoms with Crippen molar-refractivity contribution in [2.75, 3.05) is 13.1 Å². The lowest BCUT2D eigenvalue weighted by atomic mass is 10.0. The summed E-state index contributed by atoms with van der Waals surface area (Å²) in [6.07, 6.45) is 3.04. The SMILES string of the molecule is CC(C)CC(N)c1nc(C(=O)NCCCCNC(=O)OCc2ccccc2)co1. The molecule has 2 aromatic rings. The number of benzene rings is 1. The first kappa shape index (κ1) is 22.4. The smallest absolute Gasteiger partial charge is 0.407 e. The van der Waals surface area contributed by atoms with E-state index >= 15 is 0 Å². The molecule has 0 bridgehead atoms. The van der Waals surface area contributed by atoms with Crippen LogP contribution < -0.4 is 16.4 Å². The highest BCUT2D eigenvalue weighted by molar-refractivity contribution is 5.91. The number of nitrogens with two attached hydrogens (primary N) is 1. The number of hydrogen-bond donors (Lipinski definition) is 3. The minimum atomic E-state index is -0.453. The van der Waals surface area contributed by atoms with E-state index in [-0.39, 0.29) is 24.2 Å². The van der Waals surface area contributed by atoms with Crippen LogP contribution in [0.5, 0.6) is 0 Å². The molecule has 29 heavy (non-hydrogen) atoms. The predicted molar refractivity (Wildman–Crippen MR) is 109 cm³/mol. The van der Waals surface area contributed by atoms with Gasteiger partial charge in [-0.3, -0.25) is 4.79 Å². The van der Waals surface area contributed by atoms with Crippen molar-refractivity contribution >= 4 is 12.0 Å². The van der Waals surface area contributed by atoms with Crippen molar-refractivity contribution in [2.45, 2.75) is 45.8 Å². The normalized spacial score (nSPS) is 11.9. The van der Waals surface area contributed by atoms with E-state index in [1.54, 1.807) is 0 Å². The number of carbonyl (C=O) groups is 2. The van der Waals surface area contributed by atoms with Gasteiger partial charge in [-0.05, 0) is 30.7 Å². The molecule has 158 valence electrons. The van der Waals surface area contributed by atoms with Crippen molar-refractivity contribution in [2.24, 2.45) is 11.7 Å². The maximum absolute atomic E-state index is 12.1. The number of ether oxygens (including phenoxy) is 1. The Morgan fingerprint density at radius 1 is 1.14 bits per heavy atom. The highest BCUT2D eigenvalue weighted by Gasteiger charge is 2.17. The number of rotatable bonds is 11. The average Bonchev–Trinajstić information content (AvgIpc) is 3.20. The zero-order valence-corrected chi connectivity index (χ0v) is 17.0. The standard InChI is InChI=1S/C21H30N4O4/c1-15(2)12-17(22)20-25-18(14-28-20)19(26)23-10-6-7-11-24-21(27)29-13-16-8-4-3-5-9-16/h3-5,8-9,14-15,17H,6-7,10-13,22H2,1-2H3,(H,23,26)(H,24,27). The minimum absolute atomic E-state index is 0.224. The van der Waals surface area contributed by atoms with Crippen LogP contribution in [0.1, 0.15) is 61.1 Å². The first-order valence-corrected chi connectivity index (χ1v) is 9.89. The van der Waals surface area contributed by atoms with Crippen molar-refractivity contribution in [3.63, 3.8) is 0 Å². The molecule has 8 heteroatoms. The summed E-state index contributed by atoms with van der Waals surface area (Å²) in [6.45, 7) is 5.31. The first-order valence-electron chi connectivity index (χ1n) is 9.89. The minimum Gasteiger partial charge on any atom is -0.446 e. The third kappa shape index (κ3) is 8.35. The summed E-state index contributed by atoms with van der Waals surface area (Å²) in [4.78, 5) is 27.9. The number of nitrogens with zero attached hydrogens (tertiary/aromatic N) is 1. The predicted octanol–water partition coefficient (Wildman–Crippen LogP) is 3.16. The van der Waals surface area contributed by atoms with Crippen LogP contribution in [-0.2, 0) is 11.3 Å². The number of oxazole rings is 1. The lowest BCUT2D eigenvalue weighted by Crippen LogP contribution is -2.28. The molecule has 2 rings (SSSR count). The largest absolute Gasteiger partial charge is 0.446 e. The van der Waals surface area contributed by atoms with Crippen molar-refractivity contribution in [3.05, 3.63) is 53.7 Å². The second kappa shape index (κ2) is 11.9. The van der Waals surface area contributed by atoms with Gasteiger partial charge in [0.2, 0.25) is 5.89 Å². The monoisotopic (exact) mass is 402 g/mol. The van der Waals surface area contributed by atoms with Gasteiger partial charge in [-0.2, -0.15) is 0 Å². The maximum Gasteiger partial charge on any atom is 0.407 e. The highest BCUT2D eigenvalue weighted by atomic mass is 16.5. The van der Waals surface area contributed by atoms with Gasteiger partial charge in [0, 0.05) is 13.1 Å². The summed E-state index contributed by atoms with van der Waals surface area (Å²) in [5.74, 6) is 0.493. The number of hydrogen-bond acceptors (Lipinski definition) is 6. The van der Waals surface area contributed by atoms with Crippen molar-refractivity contribution in [3.8, 4) is 0 Å². The number of amides is 2. The van der Waals surface area contributed by atoms with Crippen molar-refractivity contribution < 1.29 is 18.7 Å². The Morgan fingerprint density at radius 2 is 1.83 bits per heavy atom. The molecular weight excluding hydrogens is 372 g/mol. The summed E-state index contributed by atoms with van der Waals surface area (Å²) in [5, 5.41) is 5.47. The molecule has 8 nitrogen and oxygen atoms in total. The van der Waals surface area contributed by atoms with E-state index in [0.717, 1.165) is 12.0 Å². The van der Waals surface area contributed by atoms with E-state index in [9.17, 15) is 9.59 Å². The molecule has 0 saturated carbocycles. The Hall–Kier alpha value is -2.87. The molecule has 0 fully saturated rings. The number of nitrogens with one attached hydrogen (secondary N) is 2. The molecule has 1 heterocycles. The third-order valence-electron chi connectivity index (χ3n) is 4.17. The van der Waals surface area contributed by atoms with Crippen LogP contribution in [0.25, 0.3) is 0 Å². The Morgan fingerprint density at radius 3 is 2.52 bits per heavy atom. The van der Waals surface area contributed by atoms with E-state index in [1.165, 1.54) is 6.26 Å². The van der Waals surface area contributed by atoms with E-state index in [2.05, 4.69) is 29.5 Å². The van der Waals surface area contributed by atoms with Gasteiger partial charge in [-0.1, -0.05) is 44.2 Å². The lowest BCUT2D eigenvalue weighted by molar-refractivity contribution is 0.0947. The average molecular weight is 402 g/mol. The molecule has 0 aliphatic rings. The fraction of sp³-hybridized carbons (Fsp3) is 0.476. The Balaban J connectivity index is 1.56. The molecule has 4 N–H and O–H groups in total. The molecule has 1 aromatic carbocycles. The van der Waals surface area contributed by atoms with E-state index < -0.39 is 6.09 Å². The molecule has 0 radical (unpaired) electrons. The number of aromatic nitrogens is 1. The van der Waals surface area contributed by atoms with Crippen LogP contribution in [0.2, 0.25) is 0 Å². The van der Waals surface area contributed by atoms with Crippen molar-refractivity contribution in [1.29, 1.82) is 0 Å². The van der Waals surface area contributed by atoms with Gasteiger partial charge in [0.15, 0.2) is 5.69 Å². The van der Waals surface area contributed by atoms with Crippen LogP contribution in [0, 0.1) is 5.92 Å². The van der Waals surface area contributed by atoms with Gasteiger partial charge >= 0.3 is 6.09 Å². The molecule has 1 atom stereocenters. The van der Waals surface area contributed by atoms with Gasteiger partial charge in [0.05, 0.1) is 6.04 Å². The Labute approximate surface area is 171 Å². The van der Waals surface area contributed by atoms with Gasteiger partial charge < -0.3 is 25.5 Å². The molecule has 0 saturated heterocycles. The molecule has 0 spiro atoms. The Bertz CT molecular complexity index is 761. The van der Waals surface area contributed by atoms with Crippen LogP contribution in [0.15, 0.2) is 41.0 Å². The molecule has 2 amide bonds. The van der Waals surface area contributed by atoms with E-state index in [1.807, 2.05) is 30.3 Å². The van der Waals surface area contributed by atoms with Crippen LogP contribution in [0.3, 0.4) is 0 Å². The summed E-state index contributed by atoms with van der Waals surface area (Å²) in [6, 6.07) is 9.17. The summed E-state index contributed by atoms with van der Waals surface area (Å²) >= 11 is 0. The van der Waals surface area contributed by atoms with E-state index in [4.69, 9.17) is 14.9 Å². The van der Waals surface area contributed by atoms with Crippen LogP contribution >= 0.6 is 0 Å².